The normalized spacial score (nSPS) is 13.9. The van der Waals surface area contributed by atoms with Gasteiger partial charge in [0, 0.05) is 11.4 Å². The molecule has 0 fully saturated rings. The van der Waals surface area contributed by atoms with Crippen LogP contribution in [0.5, 0.6) is 0 Å². The van der Waals surface area contributed by atoms with E-state index >= 15 is 0 Å². The van der Waals surface area contributed by atoms with Crippen LogP contribution in [-0.4, -0.2) is 0 Å². The molecule has 0 heterocycles. The van der Waals surface area contributed by atoms with Crippen LogP contribution >= 0.6 is 0 Å². The van der Waals surface area contributed by atoms with Crippen molar-refractivity contribution in [2.75, 3.05) is 5.32 Å². The summed E-state index contributed by atoms with van der Waals surface area (Å²) in [6.45, 7) is 17.5. The highest BCUT2D eigenvalue weighted by atomic mass is 14.9. The molecule has 1 atom stereocenters. The van der Waals surface area contributed by atoms with Crippen LogP contribution in [0.25, 0.3) is 0 Å². The summed E-state index contributed by atoms with van der Waals surface area (Å²) in [4.78, 5) is 0. The Morgan fingerprint density at radius 2 is 1.81 bits per heavy atom. The third-order valence-electron chi connectivity index (χ3n) is 3.89. The lowest BCUT2D eigenvalue weighted by Gasteiger charge is -2.23. The number of nitrogens with one attached hydrogen (secondary N) is 1. The number of aryl methyl sites for hydroxylation is 1. The number of hydrogen-bond acceptors (Lipinski definition) is 1. The lowest BCUT2D eigenvalue weighted by Crippen LogP contribution is -2.13. The minimum atomic E-state index is 0.103. The molecular weight excluding hydrogens is 254 g/mol. The zero-order valence-corrected chi connectivity index (χ0v) is 14.6. The smallest absolute Gasteiger partial charge is 0.0382 e. The molecule has 1 aromatic carbocycles. The second-order valence-corrected chi connectivity index (χ2v) is 7.06. The SMILES string of the molecule is C=C(/C=C(\Nc1ccc(C)cc1)C(C)CCC)C(C)(C)C. The van der Waals surface area contributed by atoms with Gasteiger partial charge in [-0.25, -0.2) is 0 Å². The highest BCUT2D eigenvalue weighted by Crippen LogP contribution is 2.28. The number of benzene rings is 1. The molecular formula is C20H31N. The largest absolute Gasteiger partial charge is 0.359 e. The van der Waals surface area contributed by atoms with Crippen molar-refractivity contribution in [1.29, 1.82) is 0 Å². The second-order valence-electron chi connectivity index (χ2n) is 7.06. The molecule has 0 bridgehead atoms. The molecule has 21 heavy (non-hydrogen) atoms. The van der Waals surface area contributed by atoms with Crippen LogP contribution in [0.15, 0.2) is 48.2 Å². The average molecular weight is 285 g/mol. The zero-order valence-electron chi connectivity index (χ0n) is 14.6. The first-order valence-corrected chi connectivity index (χ1v) is 7.98. The number of anilines is 1. The molecule has 0 amide bonds. The third kappa shape index (κ3) is 5.79. The summed E-state index contributed by atoms with van der Waals surface area (Å²) in [7, 11) is 0. The van der Waals surface area contributed by atoms with Crippen LogP contribution in [0.2, 0.25) is 0 Å². The Bertz CT molecular complexity index is 486. The van der Waals surface area contributed by atoms with E-state index in [2.05, 4.69) is 83.8 Å². The lowest BCUT2D eigenvalue weighted by molar-refractivity contribution is 0.515. The van der Waals surface area contributed by atoms with Gasteiger partial charge in [-0.1, -0.05) is 65.3 Å². The van der Waals surface area contributed by atoms with Crippen LogP contribution in [0.3, 0.4) is 0 Å². The molecule has 1 heteroatoms. The fourth-order valence-electron chi connectivity index (χ4n) is 2.10. The van der Waals surface area contributed by atoms with Crippen LogP contribution in [0, 0.1) is 18.3 Å². The molecule has 0 radical (unpaired) electrons. The summed E-state index contributed by atoms with van der Waals surface area (Å²) >= 11 is 0. The molecule has 1 rings (SSSR count). The molecule has 0 aliphatic rings. The quantitative estimate of drug-likeness (QED) is 0.602. The number of allylic oxidation sites excluding steroid dienone is 3. The van der Waals surface area contributed by atoms with Gasteiger partial charge in [-0.15, -0.1) is 0 Å². The Morgan fingerprint density at radius 1 is 1.24 bits per heavy atom. The summed E-state index contributed by atoms with van der Waals surface area (Å²) in [6, 6.07) is 8.56. The Labute approximate surface area is 131 Å². The van der Waals surface area contributed by atoms with Gasteiger partial charge in [-0.05, 0) is 48.5 Å². The van der Waals surface area contributed by atoms with Crippen LogP contribution in [0.1, 0.15) is 53.0 Å². The number of rotatable bonds is 6. The van der Waals surface area contributed by atoms with Gasteiger partial charge >= 0.3 is 0 Å². The van der Waals surface area contributed by atoms with Crippen molar-refractivity contribution in [3.63, 3.8) is 0 Å². The predicted octanol–water partition coefficient (Wildman–Crippen LogP) is 6.33. The Balaban J connectivity index is 2.99. The van der Waals surface area contributed by atoms with Crippen molar-refractivity contribution in [2.45, 2.75) is 54.4 Å². The molecule has 1 unspecified atom stereocenters. The molecule has 1 aromatic rings. The van der Waals surface area contributed by atoms with Gasteiger partial charge in [0.05, 0.1) is 0 Å². The standard InChI is InChI=1S/C20H31N/c1-8-9-16(3)19(14-17(4)20(5,6)7)21-18-12-10-15(2)11-13-18/h10-14,16,21H,4,8-9H2,1-3,5-7H3/b19-14-. The van der Waals surface area contributed by atoms with Gasteiger partial charge in [0.2, 0.25) is 0 Å². The molecule has 116 valence electrons. The Hall–Kier alpha value is -1.50. The lowest BCUT2D eigenvalue weighted by atomic mass is 9.86. The van der Waals surface area contributed by atoms with Crippen LogP contribution in [0.4, 0.5) is 5.69 Å². The highest BCUT2D eigenvalue weighted by Gasteiger charge is 2.16. The first-order valence-electron chi connectivity index (χ1n) is 7.98. The van der Waals surface area contributed by atoms with Crippen molar-refractivity contribution >= 4 is 5.69 Å². The van der Waals surface area contributed by atoms with E-state index in [1.165, 1.54) is 29.7 Å². The van der Waals surface area contributed by atoms with E-state index in [1.54, 1.807) is 0 Å². The molecule has 0 aliphatic carbocycles. The number of hydrogen-bond donors (Lipinski definition) is 1. The van der Waals surface area contributed by atoms with Crippen molar-refractivity contribution in [3.05, 3.63) is 53.8 Å². The second kappa shape index (κ2) is 7.49. The van der Waals surface area contributed by atoms with Crippen molar-refractivity contribution in [3.8, 4) is 0 Å². The summed E-state index contributed by atoms with van der Waals surface area (Å²) in [6.07, 6.45) is 4.61. The maximum atomic E-state index is 4.25. The van der Waals surface area contributed by atoms with E-state index in [0.717, 1.165) is 5.69 Å². The minimum Gasteiger partial charge on any atom is -0.359 e. The third-order valence-corrected chi connectivity index (χ3v) is 3.89. The van der Waals surface area contributed by atoms with Gasteiger partial charge in [0.25, 0.3) is 0 Å². The van der Waals surface area contributed by atoms with Gasteiger partial charge in [0.1, 0.15) is 0 Å². The Morgan fingerprint density at radius 3 is 2.29 bits per heavy atom. The molecule has 0 spiro atoms. The van der Waals surface area contributed by atoms with Crippen molar-refractivity contribution in [1.82, 2.24) is 0 Å². The summed E-state index contributed by atoms with van der Waals surface area (Å²) in [5, 5.41) is 3.59. The predicted molar refractivity (Wildman–Crippen MR) is 95.6 cm³/mol. The molecule has 1 N–H and O–H groups in total. The van der Waals surface area contributed by atoms with Crippen LogP contribution in [-0.2, 0) is 0 Å². The maximum absolute atomic E-state index is 4.25. The molecule has 0 saturated heterocycles. The van der Waals surface area contributed by atoms with Gasteiger partial charge in [0.15, 0.2) is 0 Å². The van der Waals surface area contributed by atoms with E-state index < -0.39 is 0 Å². The highest BCUT2D eigenvalue weighted by molar-refractivity contribution is 5.50. The van der Waals surface area contributed by atoms with Gasteiger partial charge in [-0.3, -0.25) is 0 Å². The van der Waals surface area contributed by atoms with E-state index in [9.17, 15) is 0 Å². The topological polar surface area (TPSA) is 12.0 Å². The fraction of sp³-hybridized carbons (Fsp3) is 0.500. The van der Waals surface area contributed by atoms with Gasteiger partial charge in [-0.2, -0.15) is 0 Å². The zero-order chi connectivity index (χ0) is 16.0. The molecule has 0 saturated carbocycles. The summed E-state index contributed by atoms with van der Waals surface area (Å²) < 4.78 is 0. The monoisotopic (exact) mass is 285 g/mol. The molecule has 0 aliphatic heterocycles. The Kier molecular flexibility index (Phi) is 6.26. The molecule has 0 aromatic heterocycles. The fourth-order valence-corrected chi connectivity index (χ4v) is 2.10. The molecule has 1 nitrogen and oxygen atoms in total. The van der Waals surface area contributed by atoms with E-state index in [4.69, 9.17) is 0 Å². The van der Waals surface area contributed by atoms with Crippen molar-refractivity contribution in [2.24, 2.45) is 11.3 Å². The summed E-state index contributed by atoms with van der Waals surface area (Å²) in [5.74, 6) is 0.510. The maximum Gasteiger partial charge on any atom is 0.0382 e. The summed E-state index contributed by atoms with van der Waals surface area (Å²) in [5.41, 5.74) is 4.97. The van der Waals surface area contributed by atoms with E-state index in [1.807, 2.05) is 0 Å². The van der Waals surface area contributed by atoms with Gasteiger partial charge < -0.3 is 5.32 Å². The average Bonchev–Trinajstić information content (AvgIpc) is 2.39. The van der Waals surface area contributed by atoms with E-state index in [-0.39, 0.29) is 5.41 Å². The minimum absolute atomic E-state index is 0.103. The first-order chi connectivity index (χ1) is 9.74. The first kappa shape index (κ1) is 17.6. The van der Waals surface area contributed by atoms with Crippen molar-refractivity contribution < 1.29 is 0 Å². The van der Waals surface area contributed by atoms with E-state index in [0.29, 0.717) is 5.92 Å². The van der Waals surface area contributed by atoms with Crippen LogP contribution < -0.4 is 5.32 Å².